The van der Waals surface area contributed by atoms with Gasteiger partial charge >= 0.3 is 0 Å². The number of aliphatic hydroxyl groups excluding tert-OH is 1. The Balaban J connectivity index is 1.60. The van der Waals surface area contributed by atoms with Gasteiger partial charge in [0.05, 0.1) is 5.57 Å². The molecule has 148 valence electrons. The van der Waals surface area contributed by atoms with E-state index in [1.165, 1.54) is 23.4 Å². The van der Waals surface area contributed by atoms with E-state index in [0.29, 0.717) is 25.0 Å². The molecule has 1 aliphatic rings. The number of hydrogen-bond donors (Lipinski definition) is 2. The molecule has 4 heteroatoms. The second-order valence-corrected chi connectivity index (χ2v) is 7.75. The van der Waals surface area contributed by atoms with E-state index in [9.17, 15) is 9.90 Å². The molecule has 2 N–H and O–H groups in total. The number of aromatic nitrogens is 1. The fourth-order valence-corrected chi connectivity index (χ4v) is 4.38. The first-order valence-electron chi connectivity index (χ1n) is 10.1. The van der Waals surface area contributed by atoms with Crippen LogP contribution in [-0.4, -0.2) is 28.1 Å². The molecule has 0 saturated heterocycles. The molecule has 0 saturated carbocycles. The van der Waals surface area contributed by atoms with E-state index in [4.69, 9.17) is 4.99 Å². The van der Waals surface area contributed by atoms with Gasteiger partial charge < -0.3 is 10.1 Å². The third-order valence-electron chi connectivity index (χ3n) is 5.77. The minimum absolute atomic E-state index is 0.115. The zero-order valence-corrected chi connectivity index (χ0v) is 16.9. The van der Waals surface area contributed by atoms with E-state index >= 15 is 0 Å². The highest BCUT2D eigenvalue weighted by atomic mass is 16.3. The lowest BCUT2D eigenvalue weighted by Gasteiger charge is -2.25. The largest absolute Gasteiger partial charge is 0.511 e. The maximum Gasteiger partial charge on any atom is 0.164 e. The number of aliphatic hydroxyl groups is 1. The molecule has 2 aromatic carbocycles. The first-order valence-corrected chi connectivity index (χ1v) is 10.1. The van der Waals surface area contributed by atoms with Gasteiger partial charge in [0.1, 0.15) is 5.76 Å². The van der Waals surface area contributed by atoms with Crippen molar-refractivity contribution in [1.82, 2.24) is 4.98 Å². The first-order chi connectivity index (χ1) is 14.0. The van der Waals surface area contributed by atoms with Crippen LogP contribution in [0.5, 0.6) is 0 Å². The van der Waals surface area contributed by atoms with E-state index in [1.54, 1.807) is 0 Å². The van der Waals surface area contributed by atoms with E-state index in [2.05, 4.69) is 36.2 Å². The molecular formula is C25H26N2O2. The number of para-hydroxylation sites is 1. The predicted molar refractivity (Wildman–Crippen MR) is 118 cm³/mol. The number of aromatic amines is 1. The Bertz CT molecular complexity index is 1110. The average molecular weight is 386 g/mol. The summed E-state index contributed by atoms with van der Waals surface area (Å²) in [5.41, 5.74) is 5.86. The van der Waals surface area contributed by atoms with Gasteiger partial charge in [-0.1, -0.05) is 48.5 Å². The van der Waals surface area contributed by atoms with Crippen LogP contribution in [0.15, 0.2) is 70.9 Å². The number of ketones is 1. The first kappa shape index (κ1) is 19.2. The zero-order valence-electron chi connectivity index (χ0n) is 16.9. The second kappa shape index (κ2) is 8.08. The van der Waals surface area contributed by atoms with Crippen LogP contribution in [0, 0.1) is 6.92 Å². The summed E-state index contributed by atoms with van der Waals surface area (Å²) in [4.78, 5) is 20.4. The summed E-state index contributed by atoms with van der Waals surface area (Å²) in [6, 6.07) is 18.4. The highest BCUT2D eigenvalue weighted by Crippen LogP contribution is 2.34. The molecule has 0 unspecified atom stereocenters. The number of Topliss-reactive ketones (excluding diaryl/α,β-unsaturated/α-hetero) is 1. The summed E-state index contributed by atoms with van der Waals surface area (Å²) in [5.74, 6) is 0.198. The molecule has 1 aliphatic carbocycles. The molecule has 0 aliphatic heterocycles. The molecule has 0 amide bonds. The number of aliphatic imine (C=N–C) groups is 1. The van der Waals surface area contributed by atoms with Crippen molar-refractivity contribution in [2.45, 2.75) is 39.0 Å². The number of hydrogen-bond acceptors (Lipinski definition) is 3. The quantitative estimate of drug-likeness (QED) is 0.613. The van der Waals surface area contributed by atoms with Gasteiger partial charge in [-0.05, 0) is 49.8 Å². The normalized spacial score (nSPS) is 18.6. The molecule has 1 atom stereocenters. The van der Waals surface area contributed by atoms with E-state index < -0.39 is 0 Å². The lowest BCUT2D eigenvalue weighted by atomic mass is 9.81. The lowest BCUT2D eigenvalue weighted by molar-refractivity contribution is -0.113. The molecule has 0 spiro atoms. The fraction of sp³-hybridized carbons (Fsp3) is 0.280. The van der Waals surface area contributed by atoms with Gasteiger partial charge in [0, 0.05) is 35.3 Å². The maximum atomic E-state index is 12.2. The van der Waals surface area contributed by atoms with E-state index in [0.717, 1.165) is 23.3 Å². The third kappa shape index (κ3) is 3.88. The number of rotatable bonds is 5. The fourth-order valence-electron chi connectivity index (χ4n) is 4.38. The smallest absolute Gasteiger partial charge is 0.164 e. The Morgan fingerprint density at radius 3 is 2.59 bits per heavy atom. The van der Waals surface area contributed by atoms with Crippen molar-refractivity contribution in [2.24, 2.45) is 4.99 Å². The van der Waals surface area contributed by atoms with Crippen LogP contribution in [0.25, 0.3) is 10.9 Å². The van der Waals surface area contributed by atoms with Gasteiger partial charge in [-0.2, -0.15) is 0 Å². The summed E-state index contributed by atoms with van der Waals surface area (Å²) in [6.45, 7) is 4.18. The zero-order chi connectivity index (χ0) is 20.4. The number of allylic oxidation sites excluding steroid dienone is 2. The topological polar surface area (TPSA) is 65.4 Å². The summed E-state index contributed by atoms with van der Waals surface area (Å²) in [5, 5.41) is 11.8. The van der Waals surface area contributed by atoms with E-state index in [1.807, 2.05) is 30.3 Å². The minimum atomic E-state index is -0.115. The molecule has 4 rings (SSSR count). The molecule has 0 fully saturated rings. The number of fused-ring (bicyclic) bond motifs is 1. The summed E-state index contributed by atoms with van der Waals surface area (Å²) in [6.07, 6.45) is 1.96. The Morgan fingerprint density at radius 1 is 1.10 bits per heavy atom. The SMILES string of the molecule is CC(=O)C1=C(O)C[C@H](c2ccccc2)CC1=NCCc1c(C)[nH]c2ccccc12. The maximum absolute atomic E-state index is 12.2. The van der Waals surface area contributed by atoms with Gasteiger partial charge in [-0.15, -0.1) is 0 Å². The summed E-state index contributed by atoms with van der Waals surface area (Å²) >= 11 is 0. The Morgan fingerprint density at radius 2 is 1.83 bits per heavy atom. The molecule has 0 radical (unpaired) electrons. The number of carbonyl (C=O) groups is 1. The minimum Gasteiger partial charge on any atom is -0.511 e. The Labute approximate surface area is 171 Å². The van der Waals surface area contributed by atoms with Crippen molar-refractivity contribution in [3.8, 4) is 0 Å². The summed E-state index contributed by atoms with van der Waals surface area (Å²) < 4.78 is 0. The van der Waals surface area contributed by atoms with Crippen molar-refractivity contribution in [1.29, 1.82) is 0 Å². The monoisotopic (exact) mass is 386 g/mol. The Hall–Kier alpha value is -3.14. The second-order valence-electron chi connectivity index (χ2n) is 7.75. The van der Waals surface area contributed by atoms with Crippen molar-refractivity contribution >= 4 is 22.4 Å². The number of H-pyrrole nitrogens is 1. The van der Waals surface area contributed by atoms with Crippen molar-refractivity contribution in [3.63, 3.8) is 0 Å². The van der Waals surface area contributed by atoms with Gasteiger partial charge in [0.15, 0.2) is 5.78 Å². The van der Waals surface area contributed by atoms with Gasteiger partial charge in [0.2, 0.25) is 0 Å². The molecule has 29 heavy (non-hydrogen) atoms. The van der Waals surface area contributed by atoms with Crippen molar-refractivity contribution in [2.75, 3.05) is 6.54 Å². The number of nitrogens with zero attached hydrogens (tertiary/aromatic N) is 1. The lowest BCUT2D eigenvalue weighted by Crippen LogP contribution is -2.23. The molecule has 0 bridgehead atoms. The number of benzene rings is 2. The number of carbonyl (C=O) groups excluding carboxylic acids is 1. The van der Waals surface area contributed by atoms with Crippen LogP contribution in [0.4, 0.5) is 0 Å². The van der Waals surface area contributed by atoms with Gasteiger partial charge in [-0.3, -0.25) is 9.79 Å². The van der Waals surface area contributed by atoms with Gasteiger partial charge in [-0.25, -0.2) is 0 Å². The highest BCUT2D eigenvalue weighted by Gasteiger charge is 2.29. The van der Waals surface area contributed by atoms with Crippen LogP contribution in [0.3, 0.4) is 0 Å². The van der Waals surface area contributed by atoms with Crippen LogP contribution in [0.1, 0.15) is 42.5 Å². The molecule has 1 aromatic heterocycles. The molecule has 3 aromatic rings. The van der Waals surface area contributed by atoms with Crippen LogP contribution >= 0.6 is 0 Å². The van der Waals surface area contributed by atoms with Crippen LogP contribution in [0.2, 0.25) is 0 Å². The standard InChI is InChI=1S/C25H26N2O2/c1-16-20(21-10-6-7-11-22(21)27-16)12-13-26-23-14-19(18-8-4-3-5-9-18)15-24(29)25(23)17(2)28/h3-11,19,27,29H,12-15H2,1-2H3/t19-/m1/s1. The number of aryl methyl sites for hydroxylation is 1. The van der Waals surface area contributed by atoms with Crippen LogP contribution < -0.4 is 0 Å². The van der Waals surface area contributed by atoms with Crippen molar-refractivity contribution in [3.05, 3.63) is 82.8 Å². The molecule has 4 nitrogen and oxygen atoms in total. The third-order valence-corrected chi connectivity index (χ3v) is 5.77. The number of nitrogens with one attached hydrogen (secondary N) is 1. The van der Waals surface area contributed by atoms with Crippen molar-refractivity contribution < 1.29 is 9.90 Å². The molecule has 1 heterocycles. The molecular weight excluding hydrogens is 360 g/mol. The summed E-state index contributed by atoms with van der Waals surface area (Å²) in [7, 11) is 0. The average Bonchev–Trinajstić information content (AvgIpc) is 3.03. The predicted octanol–water partition coefficient (Wildman–Crippen LogP) is 5.44. The van der Waals surface area contributed by atoms with E-state index in [-0.39, 0.29) is 17.5 Å². The van der Waals surface area contributed by atoms with Gasteiger partial charge in [0.25, 0.3) is 0 Å². The van der Waals surface area contributed by atoms with Crippen LogP contribution in [-0.2, 0) is 11.2 Å². The Kier molecular flexibility index (Phi) is 5.34. The highest BCUT2D eigenvalue weighted by molar-refractivity contribution is 6.22.